The summed E-state index contributed by atoms with van der Waals surface area (Å²) in [4.78, 5) is 17.7. The quantitative estimate of drug-likeness (QED) is 0.843. The predicted molar refractivity (Wildman–Crippen MR) is 87.5 cm³/mol. The topological polar surface area (TPSA) is 67.0 Å². The zero-order valence-electron chi connectivity index (χ0n) is 13.9. The van der Waals surface area contributed by atoms with Crippen molar-refractivity contribution in [1.82, 2.24) is 15.3 Å². The molecule has 1 aromatic rings. The zero-order chi connectivity index (χ0) is 15.9. The van der Waals surface area contributed by atoms with Crippen molar-refractivity contribution in [3.63, 3.8) is 0 Å². The molecule has 1 atom stereocenters. The van der Waals surface area contributed by atoms with E-state index in [0.29, 0.717) is 13.0 Å². The SMILES string of the molecule is CC(C)(C)[Si](C)(C)OC[C@H]1CCCC(=O)N1.c1c[nH]cn1. The van der Waals surface area contributed by atoms with Crippen molar-refractivity contribution in [3.05, 3.63) is 18.7 Å². The maximum atomic E-state index is 11.2. The molecule has 5 nitrogen and oxygen atoms in total. The second-order valence-electron chi connectivity index (χ2n) is 6.99. The highest BCUT2D eigenvalue weighted by molar-refractivity contribution is 6.74. The van der Waals surface area contributed by atoms with Gasteiger partial charge in [0.25, 0.3) is 0 Å². The van der Waals surface area contributed by atoms with Gasteiger partial charge < -0.3 is 14.7 Å². The van der Waals surface area contributed by atoms with Gasteiger partial charge in [0.05, 0.1) is 19.0 Å². The summed E-state index contributed by atoms with van der Waals surface area (Å²) >= 11 is 0. The van der Waals surface area contributed by atoms with Gasteiger partial charge in [-0.2, -0.15) is 0 Å². The van der Waals surface area contributed by atoms with Gasteiger partial charge in [-0.05, 0) is 31.0 Å². The number of rotatable bonds is 3. The molecule has 2 heterocycles. The lowest BCUT2D eigenvalue weighted by Gasteiger charge is -2.37. The largest absolute Gasteiger partial charge is 0.415 e. The van der Waals surface area contributed by atoms with E-state index in [1.807, 2.05) is 0 Å². The van der Waals surface area contributed by atoms with Crippen LogP contribution in [0.25, 0.3) is 0 Å². The number of H-pyrrole nitrogens is 1. The molecule has 1 amide bonds. The van der Waals surface area contributed by atoms with Crippen LogP contribution in [0.1, 0.15) is 40.0 Å². The lowest BCUT2D eigenvalue weighted by atomic mass is 10.1. The van der Waals surface area contributed by atoms with Crippen LogP contribution in [0.3, 0.4) is 0 Å². The second kappa shape index (κ2) is 7.75. The van der Waals surface area contributed by atoms with E-state index in [1.54, 1.807) is 18.7 Å². The summed E-state index contributed by atoms with van der Waals surface area (Å²) < 4.78 is 6.11. The first-order chi connectivity index (χ1) is 9.72. The lowest BCUT2D eigenvalue weighted by Crippen LogP contribution is -2.47. The first kappa shape index (κ1) is 17.9. The van der Waals surface area contributed by atoms with Crippen molar-refractivity contribution in [1.29, 1.82) is 0 Å². The zero-order valence-corrected chi connectivity index (χ0v) is 14.9. The van der Waals surface area contributed by atoms with E-state index in [2.05, 4.69) is 49.1 Å². The number of amides is 1. The molecule has 0 radical (unpaired) electrons. The van der Waals surface area contributed by atoms with Crippen LogP contribution in [-0.4, -0.2) is 36.8 Å². The molecule has 1 aliphatic rings. The number of carbonyl (C=O) groups is 1. The van der Waals surface area contributed by atoms with Gasteiger partial charge in [0.1, 0.15) is 0 Å². The monoisotopic (exact) mass is 311 g/mol. The molecule has 1 aliphatic heterocycles. The van der Waals surface area contributed by atoms with Gasteiger partial charge in [-0.1, -0.05) is 20.8 Å². The average Bonchev–Trinajstić information content (AvgIpc) is 2.94. The summed E-state index contributed by atoms with van der Waals surface area (Å²) in [7, 11) is -1.66. The van der Waals surface area contributed by atoms with E-state index in [0.717, 1.165) is 12.8 Å². The van der Waals surface area contributed by atoms with Crippen LogP contribution in [0.2, 0.25) is 18.1 Å². The molecule has 21 heavy (non-hydrogen) atoms. The Balaban J connectivity index is 0.000000369. The summed E-state index contributed by atoms with van der Waals surface area (Å²) in [5.74, 6) is 0.176. The molecule has 0 unspecified atom stereocenters. The van der Waals surface area contributed by atoms with Crippen molar-refractivity contribution in [2.24, 2.45) is 0 Å². The van der Waals surface area contributed by atoms with Crippen LogP contribution in [0.5, 0.6) is 0 Å². The average molecular weight is 312 g/mol. The number of piperidine rings is 1. The van der Waals surface area contributed by atoms with E-state index >= 15 is 0 Å². The highest BCUT2D eigenvalue weighted by atomic mass is 28.4. The fourth-order valence-electron chi connectivity index (χ4n) is 1.75. The van der Waals surface area contributed by atoms with Crippen molar-refractivity contribution >= 4 is 14.2 Å². The van der Waals surface area contributed by atoms with Crippen LogP contribution in [0.4, 0.5) is 0 Å². The van der Waals surface area contributed by atoms with Crippen LogP contribution >= 0.6 is 0 Å². The van der Waals surface area contributed by atoms with Crippen LogP contribution in [0, 0.1) is 0 Å². The molecule has 0 aliphatic carbocycles. The maximum absolute atomic E-state index is 11.2. The number of hydrogen-bond donors (Lipinski definition) is 2. The maximum Gasteiger partial charge on any atom is 0.220 e. The molecule has 1 fully saturated rings. The minimum atomic E-state index is -1.66. The second-order valence-corrected chi connectivity index (χ2v) is 11.8. The molecular weight excluding hydrogens is 282 g/mol. The highest BCUT2D eigenvalue weighted by Gasteiger charge is 2.37. The van der Waals surface area contributed by atoms with E-state index in [9.17, 15) is 4.79 Å². The molecule has 0 aromatic carbocycles. The van der Waals surface area contributed by atoms with Crippen molar-refractivity contribution < 1.29 is 9.22 Å². The molecule has 2 rings (SSSR count). The minimum Gasteiger partial charge on any atom is -0.415 e. The number of hydrogen-bond acceptors (Lipinski definition) is 3. The van der Waals surface area contributed by atoms with Crippen molar-refractivity contribution in [3.8, 4) is 0 Å². The van der Waals surface area contributed by atoms with E-state index in [4.69, 9.17) is 4.43 Å². The Bertz CT molecular complexity index is 396. The number of aromatic amines is 1. The molecule has 0 spiro atoms. The van der Waals surface area contributed by atoms with Gasteiger partial charge in [0.15, 0.2) is 8.32 Å². The smallest absolute Gasteiger partial charge is 0.220 e. The number of nitrogens with zero attached hydrogens (tertiary/aromatic N) is 1. The molecule has 0 saturated carbocycles. The van der Waals surface area contributed by atoms with Crippen molar-refractivity contribution in [2.75, 3.05) is 6.61 Å². The summed E-state index contributed by atoms with van der Waals surface area (Å²) in [5.41, 5.74) is 0. The molecule has 120 valence electrons. The summed E-state index contributed by atoms with van der Waals surface area (Å²) in [6.45, 7) is 11.9. The summed E-state index contributed by atoms with van der Waals surface area (Å²) in [5, 5.41) is 3.24. The number of carbonyl (C=O) groups excluding carboxylic acids is 1. The molecule has 0 bridgehead atoms. The van der Waals surface area contributed by atoms with Gasteiger partial charge in [0.2, 0.25) is 5.91 Å². The number of aromatic nitrogens is 2. The Kier molecular flexibility index (Phi) is 6.61. The number of nitrogens with one attached hydrogen (secondary N) is 2. The Morgan fingerprint density at radius 3 is 2.57 bits per heavy atom. The lowest BCUT2D eigenvalue weighted by molar-refractivity contribution is -0.123. The van der Waals surface area contributed by atoms with Crippen molar-refractivity contribution in [2.45, 2.75) is 64.2 Å². The molecule has 1 aromatic heterocycles. The normalized spacial score (nSPS) is 19.5. The van der Waals surface area contributed by atoms with Gasteiger partial charge in [-0.15, -0.1) is 0 Å². The Morgan fingerprint density at radius 2 is 2.14 bits per heavy atom. The van der Waals surface area contributed by atoms with Crippen LogP contribution < -0.4 is 5.32 Å². The van der Waals surface area contributed by atoms with Gasteiger partial charge in [0, 0.05) is 18.8 Å². The van der Waals surface area contributed by atoms with Gasteiger partial charge in [-0.25, -0.2) is 4.98 Å². The molecule has 2 N–H and O–H groups in total. The van der Waals surface area contributed by atoms with E-state index in [1.165, 1.54) is 0 Å². The standard InChI is InChI=1S/C12H25NO2Si.C3H4N2/c1-12(2,3)16(4,5)15-9-10-7-6-8-11(14)13-10;1-2-5-3-4-1/h10H,6-9H2,1-5H3,(H,13,14);1-3H,(H,4,5)/t10-;/m1./s1. The van der Waals surface area contributed by atoms with Crippen LogP contribution in [0.15, 0.2) is 18.7 Å². The predicted octanol–water partition coefficient (Wildman–Crippen LogP) is 3.09. The first-order valence-corrected chi connectivity index (χ1v) is 10.5. The Hall–Kier alpha value is -1.14. The highest BCUT2D eigenvalue weighted by Crippen LogP contribution is 2.36. The molecule has 1 saturated heterocycles. The number of imidazole rings is 1. The fourth-order valence-corrected chi connectivity index (χ4v) is 2.80. The Morgan fingerprint density at radius 1 is 1.43 bits per heavy atom. The summed E-state index contributed by atoms with van der Waals surface area (Å²) in [6, 6.07) is 0.232. The third kappa shape index (κ3) is 6.43. The first-order valence-electron chi connectivity index (χ1n) is 7.58. The fraction of sp³-hybridized carbons (Fsp3) is 0.733. The van der Waals surface area contributed by atoms with E-state index in [-0.39, 0.29) is 17.0 Å². The van der Waals surface area contributed by atoms with Gasteiger partial charge in [-0.3, -0.25) is 4.79 Å². The van der Waals surface area contributed by atoms with Crippen LogP contribution in [-0.2, 0) is 9.22 Å². The van der Waals surface area contributed by atoms with Gasteiger partial charge >= 0.3 is 0 Å². The third-order valence-corrected chi connectivity index (χ3v) is 8.68. The molecule has 6 heteroatoms. The summed E-state index contributed by atoms with van der Waals surface area (Å²) in [6.07, 6.45) is 7.81. The molecular formula is C15H29N3O2Si. The third-order valence-electron chi connectivity index (χ3n) is 4.18. The Labute approximate surface area is 129 Å². The van der Waals surface area contributed by atoms with E-state index < -0.39 is 8.32 Å². The minimum absolute atomic E-state index is 0.176.